The minimum atomic E-state index is 0.614. The van der Waals surface area contributed by atoms with Gasteiger partial charge in [-0.2, -0.15) is 11.8 Å². The lowest BCUT2D eigenvalue weighted by molar-refractivity contribution is 0.854. The molecule has 0 unspecified atom stereocenters. The van der Waals surface area contributed by atoms with Gasteiger partial charge in [0.1, 0.15) is 0 Å². The summed E-state index contributed by atoms with van der Waals surface area (Å²) in [6.07, 6.45) is 1.03. The second kappa shape index (κ2) is 10.0. The highest BCUT2D eigenvalue weighted by atomic mass is 35.5. The summed E-state index contributed by atoms with van der Waals surface area (Å²) in [7, 11) is 0. The van der Waals surface area contributed by atoms with Gasteiger partial charge in [0, 0.05) is 28.0 Å². The van der Waals surface area contributed by atoms with Crippen molar-refractivity contribution in [3.63, 3.8) is 0 Å². The van der Waals surface area contributed by atoms with Crippen LogP contribution in [0, 0.1) is 0 Å². The van der Waals surface area contributed by atoms with Gasteiger partial charge in [-0.15, -0.1) is 0 Å². The van der Waals surface area contributed by atoms with Gasteiger partial charge in [0.15, 0.2) is 5.11 Å². The predicted octanol–water partition coefficient (Wildman–Crippen LogP) is 5.60. The Bertz CT molecular complexity index is 650. The van der Waals surface area contributed by atoms with Crippen molar-refractivity contribution in [1.82, 2.24) is 5.32 Å². The van der Waals surface area contributed by atoms with Crippen LogP contribution < -0.4 is 10.6 Å². The van der Waals surface area contributed by atoms with Crippen LogP contribution in [0.4, 0.5) is 5.69 Å². The molecule has 2 nitrogen and oxygen atoms in total. The maximum Gasteiger partial charge on any atom is 0.170 e. The Morgan fingerprint density at radius 1 is 1.09 bits per heavy atom. The molecule has 0 aromatic heterocycles. The second-order valence-electron chi connectivity index (χ2n) is 4.89. The van der Waals surface area contributed by atoms with E-state index in [-0.39, 0.29) is 0 Å². The molecule has 0 radical (unpaired) electrons. The monoisotopic (exact) mass is 384 g/mol. The van der Waals surface area contributed by atoms with Crippen molar-refractivity contribution in [2.24, 2.45) is 0 Å². The van der Waals surface area contributed by atoms with Gasteiger partial charge in [0.25, 0.3) is 0 Å². The van der Waals surface area contributed by atoms with Crippen molar-refractivity contribution in [3.05, 3.63) is 64.1 Å². The normalized spacial score (nSPS) is 10.3. The van der Waals surface area contributed by atoms with Crippen molar-refractivity contribution in [2.45, 2.75) is 12.2 Å². The van der Waals surface area contributed by atoms with Gasteiger partial charge in [-0.1, -0.05) is 47.5 Å². The minimum absolute atomic E-state index is 0.614. The van der Waals surface area contributed by atoms with Crippen LogP contribution >= 0.6 is 47.2 Å². The summed E-state index contributed by atoms with van der Waals surface area (Å²) >= 11 is 19.2. The van der Waals surface area contributed by atoms with E-state index in [9.17, 15) is 0 Å². The third kappa shape index (κ3) is 7.00. The predicted molar refractivity (Wildman–Crippen MR) is 108 cm³/mol. The summed E-state index contributed by atoms with van der Waals surface area (Å²) in [5.41, 5.74) is 2.08. The molecule has 0 aliphatic carbocycles. The number of thioether (sulfide) groups is 1. The van der Waals surface area contributed by atoms with Gasteiger partial charge in [0.2, 0.25) is 0 Å². The molecule has 2 N–H and O–H groups in total. The third-order valence-electron chi connectivity index (χ3n) is 3.05. The lowest BCUT2D eigenvalue weighted by atomic mass is 10.2. The highest BCUT2D eigenvalue weighted by molar-refractivity contribution is 7.98. The van der Waals surface area contributed by atoms with Crippen LogP contribution in [-0.2, 0) is 5.75 Å². The molecule has 23 heavy (non-hydrogen) atoms. The SMILES string of the molecule is S=C(NCCCSCc1ccccc1Cl)Nc1cccc(Cl)c1. The van der Waals surface area contributed by atoms with Crippen molar-refractivity contribution < 1.29 is 0 Å². The largest absolute Gasteiger partial charge is 0.362 e. The molecule has 0 amide bonds. The summed E-state index contributed by atoms with van der Waals surface area (Å²) in [5.74, 6) is 1.99. The number of hydrogen-bond acceptors (Lipinski definition) is 2. The summed E-state index contributed by atoms with van der Waals surface area (Å²) in [5, 5.41) is 8.46. The number of benzene rings is 2. The molecular weight excluding hydrogens is 367 g/mol. The lowest BCUT2D eigenvalue weighted by Crippen LogP contribution is -2.29. The zero-order valence-corrected chi connectivity index (χ0v) is 15.7. The third-order valence-corrected chi connectivity index (χ3v) is 4.99. The molecule has 0 saturated carbocycles. The van der Waals surface area contributed by atoms with Gasteiger partial charge < -0.3 is 10.6 Å². The molecule has 122 valence electrons. The fourth-order valence-corrected chi connectivity index (χ4v) is 3.57. The highest BCUT2D eigenvalue weighted by Gasteiger charge is 2.00. The molecule has 0 atom stereocenters. The summed E-state index contributed by atoms with van der Waals surface area (Å²) < 4.78 is 0. The van der Waals surface area contributed by atoms with Gasteiger partial charge in [0.05, 0.1) is 0 Å². The van der Waals surface area contributed by atoms with E-state index in [1.807, 2.05) is 54.2 Å². The number of halogens is 2. The molecule has 0 bridgehead atoms. The molecule has 0 fully saturated rings. The van der Waals surface area contributed by atoms with E-state index in [1.54, 1.807) is 0 Å². The molecule has 0 aliphatic heterocycles. The quantitative estimate of drug-likeness (QED) is 0.478. The van der Waals surface area contributed by atoms with Crippen molar-refractivity contribution in [1.29, 1.82) is 0 Å². The lowest BCUT2D eigenvalue weighted by Gasteiger charge is -2.10. The number of thiocarbonyl (C=S) groups is 1. The van der Waals surface area contributed by atoms with Crippen LogP contribution in [0.3, 0.4) is 0 Å². The molecule has 2 rings (SSSR count). The Morgan fingerprint density at radius 2 is 1.91 bits per heavy atom. The Morgan fingerprint density at radius 3 is 2.70 bits per heavy atom. The van der Waals surface area contributed by atoms with Gasteiger partial charge >= 0.3 is 0 Å². The smallest absolute Gasteiger partial charge is 0.170 e. The van der Waals surface area contributed by atoms with Gasteiger partial charge in [-0.25, -0.2) is 0 Å². The van der Waals surface area contributed by atoms with Crippen LogP contribution in [0.2, 0.25) is 10.0 Å². The maximum absolute atomic E-state index is 6.13. The molecule has 0 aliphatic rings. The van der Waals surface area contributed by atoms with Crippen molar-refractivity contribution >= 4 is 58.0 Å². The zero-order chi connectivity index (χ0) is 16.5. The Labute approximate surface area is 157 Å². The average Bonchev–Trinajstić information content (AvgIpc) is 2.52. The van der Waals surface area contributed by atoms with Crippen LogP contribution in [0.25, 0.3) is 0 Å². The first-order valence-corrected chi connectivity index (χ1v) is 9.58. The molecule has 2 aromatic rings. The summed E-state index contributed by atoms with van der Waals surface area (Å²) in [6, 6.07) is 15.5. The standard InChI is InChI=1S/C17H18Cl2N2S2/c18-14-6-3-7-15(11-14)21-17(22)20-9-4-10-23-12-13-5-1-2-8-16(13)19/h1-3,5-8,11H,4,9-10,12H2,(H2,20,21,22). The molecule has 0 spiro atoms. The molecule has 0 saturated heterocycles. The highest BCUT2D eigenvalue weighted by Crippen LogP contribution is 2.21. The van der Waals surface area contributed by atoms with Crippen LogP contribution in [0.15, 0.2) is 48.5 Å². The number of rotatable bonds is 7. The van der Waals surface area contributed by atoms with Crippen molar-refractivity contribution in [2.75, 3.05) is 17.6 Å². The molecule has 2 aromatic carbocycles. The molecule has 0 heterocycles. The first kappa shape index (κ1) is 18.4. The molecular formula is C17H18Cl2N2S2. The topological polar surface area (TPSA) is 24.1 Å². The Balaban J connectivity index is 1.58. The fourth-order valence-electron chi connectivity index (χ4n) is 1.92. The van der Waals surface area contributed by atoms with Crippen LogP contribution in [0.1, 0.15) is 12.0 Å². The van der Waals surface area contributed by atoms with E-state index in [1.165, 1.54) is 5.56 Å². The van der Waals surface area contributed by atoms with Crippen LogP contribution in [-0.4, -0.2) is 17.4 Å². The Kier molecular flexibility index (Phi) is 8.03. The van der Waals surface area contributed by atoms with E-state index in [0.29, 0.717) is 10.1 Å². The maximum atomic E-state index is 6.13. The van der Waals surface area contributed by atoms with E-state index < -0.39 is 0 Å². The summed E-state index contributed by atoms with van der Waals surface area (Å²) in [6.45, 7) is 0.835. The van der Waals surface area contributed by atoms with Gasteiger partial charge in [-0.3, -0.25) is 0 Å². The summed E-state index contributed by atoms with van der Waals surface area (Å²) in [4.78, 5) is 0. The number of nitrogens with one attached hydrogen (secondary N) is 2. The average molecular weight is 385 g/mol. The molecule has 6 heteroatoms. The van der Waals surface area contributed by atoms with E-state index in [2.05, 4.69) is 16.7 Å². The van der Waals surface area contributed by atoms with Crippen molar-refractivity contribution in [3.8, 4) is 0 Å². The van der Waals surface area contributed by atoms with Gasteiger partial charge in [-0.05, 0) is 54.2 Å². The van der Waals surface area contributed by atoms with E-state index in [0.717, 1.165) is 35.2 Å². The number of hydrogen-bond donors (Lipinski definition) is 2. The first-order chi connectivity index (χ1) is 11.1. The fraction of sp³-hybridized carbons (Fsp3) is 0.235. The van der Waals surface area contributed by atoms with Crippen LogP contribution in [0.5, 0.6) is 0 Å². The first-order valence-electron chi connectivity index (χ1n) is 7.27. The van der Waals surface area contributed by atoms with E-state index >= 15 is 0 Å². The second-order valence-corrected chi connectivity index (χ2v) is 7.25. The minimum Gasteiger partial charge on any atom is -0.362 e. The Hall–Kier alpha value is -0.940. The zero-order valence-electron chi connectivity index (χ0n) is 12.5. The van der Waals surface area contributed by atoms with E-state index in [4.69, 9.17) is 35.4 Å². The number of anilines is 1.